The summed E-state index contributed by atoms with van der Waals surface area (Å²) in [7, 11) is 0. The number of carbonyl (C=O) groups is 2. The van der Waals surface area contributed by atoms with Crippen LogP contribution in [0, 0.1) is 13.8 Å². The zero-order chi connectivity index (χ0) is 19.6. The number of amides is 1. The van der Waals surface area contributed by atoms with Crippen molar-refractivity contribution in [2.24, 2.45) is 0 Å². The summed E-state index contributed by atoms with van der Waals surface area (Å²) in [5.41, 5.74) is 3.48. The summed E-state index contributed by atoms with van der Waals surface area (Å²) in [5, 5.41) is 7.65. The van der Waals surface area contributed by atoms with Crippen LogP contribution >= 0.6 is 34.3 Å². The van der Waals surface area contributed by atoms with Crippen LogP contribution in [0.25, 0.3) is 11.1 Å². The van der Waals surface area contributed by atoms with Crippen LogP contribution in [0.2, 0.25) is 5.02 Å². The molecule has 0 unspecified atom stereocenters. The highest BCUT2D eigenvalue weighted by Gasteiger charge is 2.24. The fraction of sp³-hybridized carbons (Fsp3) is 0.200. The van der Waals surface area contributed by atoms with Gasteiger partial charge in [-0.2, -0.15) is 0 Å². The third kappa shape index (κ3) is 4.08. The van der Waals surface area contributed by atoms with E-state index in [4.69, 9.17) is 16.3 Å². The molecule has 0 bridgehead atoms. The number of hydrogen-bond donors (Lipinski definition) is 1. The van der Waals surface area contributed by atoms with Crippen LogP contribution in [-0.2, 0) is 4.74 Å². The molecule has 0 aliphatic rings. The summed E-state index contributed by atoms with van der Waals surface area (Å²) in [6, 6.07) is 7.20. The first kappa shape index (κ1) is 19.6. The number of thiophene rings is 2. The molecule has 4 nitrogen and oxygen atoms in total. The molecule has 2 aromatic heterocycles. The second kappa shape index (κ2) is 8.25. The summed E-state index contributed by atoms with van der Waals surface area (Å²) in [4.78, 5) is 26.4. The summed E-state index contributed by atoms with van der Waals surface area (Å²) in [5.74, 6) is -0.691. The van der Waals surface area contributed by atoms with E-state index in [9.17, 15) is 9.59 Å². The van der Waals surface area contributed by atoms with Crippen LogP contribution < -0.4 is 5.32 Å². The van der Waals surface area contributed by atoms with E-state index in [2.05, 4.69) is 5.32 Å². The molecule has 2 heterocycles. The number of ether oxygens (including phenoxy) is 1. The van der Waals surface area contributed by atoms with E-state index in [0.29, 0.717) is 26.7 Å². The second-order valence-electron chi connectivity index (χ2n) is 5.87. The fourth-order valence-corrected chi connectivity index (χ4v) is 4.55. The summed E-state index contributed by atoms with van der Waals surface area (Å²) < 4.78 is 5.22. The zero-order valence-corrected chi connectivity index (χ0v) is 17.5. The van der Waals surface area contributed by atoms with Crippen molar-refractivity contribution in [3.8, 4) is 11.1 Å². The van der Waals surface area contributed by atoms with Crippen LogP contribution in [0.3, 0.4) is 0 Å². The molecule has 0 spiro atoms. The highest BCUT2D eigenvalue weighted by molar-refractivity contribution is 7.15. The Morgan fingerprint density at radius 2 is 1.81 bits per heavy atom. The number of benzene rings is 1. The van der Waals surface area contributed by atoms with E-state index in [1.165, 1.54) is 22.7 Å². The Morgan fingerprint density at radius 1 is 1.11 bits per heavy atom. The number of rotatable bonds is 5. The lowest BCUT2D eigenvalue weighted by Gasteiger charge is -2.09. The molecule has 0 aliphatic carbocycles. The third-order valence-corrected chi connectivity index (χ3v) is 6.34. The van der Waals surface area contributed by atoms with Gasteiger partial charge in [0, 0.05) is 26.2 Å². The average Bonchev–Trinajstić information content (AvgIpc) is 3.20. The van der Waals surface area contributed by atoms with Crippen LogP contribution in [0.4, 0.5) is 5.00 Å². The molecule has 1 N–H and O–H groups in total. The van der Waals surface area contributed by atoms with Gasteiger partial charge in [-0.1, -0.05) is 23.7 Å². The molecule has 1 aromatic carbocycles. The molecule has 0 atom stereocenters. The van der Waals surface area contributed by atoms with Gasteiger partial charge in [-0.15, -0.1) is 22.7 Å². The molecular formula is C20H18ClNO3S2. The normalized spacial score (nSPS) is 10.7. The maximum atomic E-state index is 12.7. The number of halogens is 1. The van der Waals surface area contributed by atoms with E-state index in [-0.39, 0.29) is 12.5 Å². The number of esters is 1. The standard InChI is InChI=1S/C20H18ClNO3S2/c1-4-25-20(24)17-16(13-5-7-14(21)8-6-13)10-27-19(17)22-18(23)15-9-26-12(3)11(15)2/h5-10H,4H2,1-3H3,(H,22,23). The van der Waals surface area contributed by atoms with Gasteiger partial charge in [0.25, 0.3) is 5.91 Å². The maximum absolute atomic E-state index is 12.7. The Labute approximate surface area is 170 Å². The quantitative estimate of drug-likeness (QED) is 0.502. The molecule has 3 rings (SSSR count). The fourth-order valence-electron chi connectivity index (χ4n) is 2.61. The molecule has 0 fully saturated rings. The Balaban J connectivity index is 2.00. The zero-order valence-electron chi connectivity index (χ0n) is 15.1. The molecule has 0 saturated carbocycles. The van der Waals surface area contributed by atoms with Gasteiger partial charge in [0.2, 0.25) is 0 Å². The first-order valence-electron chi connectivity index (χ1n) is 8.33. The number of nitrogens with one attached hydrogen (secondary N) is 1. The smallest absolute Gasteiger partial charge is 0.341 e. The molecule has 7 heteroatoms. The number of aryl methyl sites for hydroxylation is 1. The highest BCUT2D eigenvalue weighted by atomic mass is 35.5. The predicted octanol–water partition coefficient (Wildman–Crippen LogP) is 6.18. The van der Waals surface area contributed by atoms with E-state index < -0.39 is 5.97 Å². The van der Waals surface area contributed by atoms with Crippen molar-refractivity contribution in [2.45, 2.75) is 20.8 Å². The van der Waals surface area contributed by atoms with Gasteiger partial charge in [0.05, 0.1) is 12.2 Å². The molecule has 27 heavy (non-hydrogen) atoms. The van der Waals surface area contributed by atoms with E-state index in [1.807, 2.05) is 36.7 Å². The molecule has 140 valence electrons. The summed E-state index contributed by atoms with van der Waals surface area (Å²) >= 11 is 8.80. The molecule has 0 radical (unpaired) electrons. The summed E-state index contributed by atoms with van der Waals surface area (Å²) in [6.45, 7) is 5.90. The van der Waals surface area contributed by atoms with Gasteiger partial charge in [-0.3, -0.25) is 4.79 Å². The van der Waals surface area contributed by atoms with Gasteiger partial charge in [-0.25, -0.2) is 4.79 Å². The lowest BCUT2D eigenvalue weighted by molar-refractivity contribution is 0.0529. The molecular weight excluding hydrogens is 402 g/mol. The minimum absolute atomic E-state index is 0.230. The van der Waals surface area contributed by atoms with Crippen molar-refractivity contribution < 1.29 is 14.3 Å². The Morgan fingerprint density at radius 3 is 2.41 bits per heavy atom. The van der Waals surface area contributed by atoms with Gasteiger partial charge < -0.3 is 10.1 Å². The predicted molar refractivity (Wildman–Crippen MR) is 112 cm³/mol. The van der Waals surface area contributed by atoms with Crippen LogP contribution in [0.15, 0.2) is 35.0 Å². The molecule has 0 saturated heterocycles. The van der Waals surface area contributed by atoms with Crippen molar-refractivity contribution >= 4 is 51.2 Å². The number of hydrogen-bond acceptors (Lipinski definition) is 5. The first-order valence-corrected chi connectivity index (χ1v) is 10.5. The third-order valence-electron chi connectivity index (χ3n) is 4.18. The molecule has 1 amide bonds. The Hall–Kier alpha value is -2.15. The van der Waals surface area contributed by atoms with Crippen molar-refractivity contribution in [3.05, 3.63) is 61.6 Å². The maximum Gasteiger partial charge on any atom is 0.341 e. The molecule has 3 aromatic rings. The average molecular weight is 420 g/mol. The largest absolute Gasteiger partial charge is 0.462 e. The Kier molecular flexibility index (Phi) is 5.99. The molecule has 0 aliphatic heterocycles. The Bertz CT molecular complexity index is 989. The van der Waals surface area contributed by atoms with Crippen molar-refractivity contribution in [2.75, 3.05) is 11.9 Å². The van der Waals surface area contributed by atoms with Gasteiger partial charge in [-0.05, 0) is 44.0 Å². The lowest BCUT2D eigenvalue weighted by atomic mass is 10.0. The van der Waals surface area contributed by atoms with Crippen LogP contribution in [-0.4, -0.2) is 18.5 Å². The minimum Gasteiger partial charge on any atom is -0.462 e. The van der Waals surface area contributed by atoms with E-state index >= 15 is 0 Å². The van der Waals surface area contributed by atoms with E-state index in [0.717, 1.165) is 16.0 Å². The topological polar surface area (TPSA) is 55.4 Å². The van der Waals surface area contributed by atoms with Crippen molar-refractivity contribution in [3.63, 3.8) is 0 Å². The van der Waals surface area contributed by atoms with Crippen molar-refractivity contribution in [1.82, 2.24) is 0 Å². The first-order chi connectivity index (χ1) is 12.9. The summed E-state index contributed by atoms with van der Waals surface area (Å²) in [6.07, 6.45) is 0. The van der Waals surface area contributed by atoms with Crippen LogP contribution in [0.5, 0.6) is 0 Å². The van der Waals surface area contributed by atoms with Crippen LogP contribution in [0.1, 0.15) is 38.1 Å². The minimum atomic E-state index is -0.461. The van der Waals surface area contributed by atoms with Gasteiger partial charge in [0.15, 0.2) is 0 Å². The highest BCUT2D eigenvalue weighted by Crippen LogP contribution is 2.37. The lowest BCUT2D eigenvalue weighted by Crippen LogP contribution is -2.15. The SMILES string of the molecule is CCOC(=O)c1c(-c2ccc(Cl)cc2)csc1NC(=O)c1csc(C)c1C. The van der Waals surface area contributed by atoms with Gasteiger partial charge >= 0.3 is 5.97 Å². The number of carbonyl (C=O) groups excluding carboxylic acids is 2. The number of anilines is 1. The second-order valence-corrected chi connectivity index (χ2v) is 8.27. The van der Waals surface area contributed by atoms with Gasteiger partial charge in [0.1, 0.15) is 10.6 Å². The monoisotopic (exact) mass is 419 g/mol. The van der Waals surface area contributed by atoms with E-state index in [1.54, 1.807) is 19.1 Å². The van der Waals surface area contributed by atoms with Crippen molar-refractivity contribution in [1.29, 1.82) is 0 Å².